The van der Waals surface area contributed by atoms with Crippen molar-refractivity contribution in [2.24, 2.45) is 0 Å². The first-order valence-corrected chi connectivity index (χ1v) is 6.91. The molecular formula is C17H13ClFNO. The van der Waals surface area contributed by atoms with E-state index in [4.69, 9.17) is 11.6 Å². The first-order chi connectivity index (χ1) is 10.1. The zero-order valence-electron chi connectivity index (χ0n) is 11.1. The second-order valence-electron chi connectivity index (χ2n) is 4.78. The lowest BCUT2D eigenvalue weighted by Gasteiger charge is -2.11. The van der Waals surface area contributed by atoms with E-state index in [0.717, 1.165) is 22.0 Å². The molecule has 3 rings (SSSR count). The van der Waals surface area contributed by atoms with Gasteiger partial charge in [0.1, 0.15) is 11.6 Å². The van der Waals surface area contributed by atoms with E-state index in [0.29, 0.717) is 6.54 Å². The number of rotatable bonds is 3. The third kappa shape index (κ3) is 2.78. The largest absolute Gasteiger partial charge is 0.507 e. The van der Waals surface area contributed by atoms with Gasteiger partial charge in [0.05, 0.1) is 5.02 Å². The lowest BCUT2D eigenvalue weighted by atomic mass is 10.1. The standard InChI is InChI=1S/C17H13ClFNO/c18-14-8-7-11(9-15(14)19)10-20-16-5-1-4-13-12(16)3-2-6-17(13)21/h1-9,20-21H,10H2. The summed E-state index contributed by atoms with van der Waals surface area (Å²) in [5.74, 6) is -0.180. The molecule has 0 saturated heterocycles. The Hall–Kier alpha value is -2.26. The van der Waals surface area contributed by atoms with Crippen LogP contribution < -0.4 is 5.32 Å². The van der Waals surface area contributed by atoms with Gasteiger partial charge in [-0.3, -0.25) is 0 Å². The number of fused-ring (bicyclic) bond motifs is 1. The molecule has 0 bridgehead atoms. The Kier molecular flexibility index (Phi) is 3.67. The number of anilines is 1. The fourth-order valence-corrected chi connectivity index (χ4v) is 2.41. The van der Waals surface area contributed by atoms with Crippen LogP contribution in [0.5, 0.6) is 5.75 Å². The molecule has 0 aliphatic heterocycles. The SMILES string of the molecule is Oc1cccc2c(NCc3ccc(Cl)c(F)c3)cccc12. The highest BCUT2D eigenvalue weighted by Gasteiger charge is 2.05. The third-order valence-corrected chi connectivity index (χ3v) is 3.67. The molecule has 21 heavy (non-hydrogen) atoms. The summed E-state index contributed by atoms with van der Waals surface area (Å²) in [6, 6.07) is 15.8. The smallest absolute Gasteiger partial charge is 0.142 e. The molecule has 0 unspecified atom stereocenters. The Morgan fingerprint density at radius 3 is 2.57 bits per heavy atom. The summed E-state index contributed by atoms with van der Waals surface area (Å²) < 4.78 is 13.4. The average Bonchev–Trinajstić information content (AvgIpc) is 2.49. The van der Waals surface area contributed by atoms with E-state index in [1.165, 1.54) is 6.07 Å². The van der Waals surface area contributed by atoms with Gasteiger partial charge < -0.3 is 10.4 Å². The summed E-state index contributed by atoms with van der Waals surface area (Å²) in [4.78, 5) is 0. The number of hydrogen-bond acceptors (Lipinski definition) is 2. The first-order valence-electron chi connectivity index (χ1n) is 6.53. The van der Waals surface area contributed by atoms with Gasteiger partial charge >= 0.3 is 0 Å². The predicted octanol–water partition coefficient (Wildman–Crippen LogP) is 4.95. The number of benzene rings is 3. The summed E-state index contributed by atoms with van der Waals surface area (Å²) in [7, 11) is 0. The van der Waals surface area contributed by atoms with Crippen molar-refractivity contribution < 1.29 is 9.50 Å². The number of phenolic OH excluding ortho intramolecular Hbond substituents is 1. The van der Waals surface area contributed by atoms with Crippen LogP contribution in [0.2, 0.25) is 5.02 Å². The molecule has 106 valence electrons. The van der Waals surface area contributed by atoms with Gasteiger partial charge in [0.2, 0.25) is 0 Å². The highest BCUT2D eigenvalue weighted by molar-refractivity contribution is 6.30. The summed E-state index contributed by atoms with van der Waals surface area (Å²) in [6.45, 7) is 0.475. The maximum atomic E-state index is 13.4. The van der Waals surface area contributed by atoms with E-state index in [1.54, 1.807) is 24.3 Å². The lowest BCUT2D eigenvalue weighted by molar-refractivity contribution is 0.481. The van der Waals surface area contributed by atoms with Crippen LogP contribution in [0.25, 0.3) is 10.8 Å². The van der Waals surface area contributed by atoms with Crippen LogP contribution in [-0.4, -0.2) is 5.11 Å². The van der Waals surface area contributed by atoms with Gasteiger partial charge in [-0.05, 0) is 29.8 Å². The zero-order valence-corrected chi connectivity index (χ0v) is 11.9. The molecule has 0 aromatic heterocycles. The summed E-state index contributed by atoms with van der Waals surface area (Å²) in [6.07, 6.45) is 0. The van der Waals surface area contributed by atoms with Crippen molar-refractivity contribution in [3.05, 3.63) is 71.0 Å². The molecule has 0 radical (unpaired) electrons. The molecule has 3 aromatic carbocycles. The average molecular weight is 302 g/mol. The summed E-state index contributed by atoms with van der Waals surface area (Å²) in [5, 5.41) is 14.9. The molecule has 2 nitrogen and oxygen atoms in total. The van der Waals surface area contributed by atoms with E-state index in [2.05, 4.69) is 5.32 Å². The topological polar surface area (TPSA) is 32.3 Å². The number of aromatic hydroxyl groups is 1. The van der Waals surface area contributed by atoms with Crippen molar-refractivity contribution >= 4 is 28.1 Å². The van der Waals surface area contributed by atoms with E-state index in [1.807, 2.05) is 24.3 Å². The second-order valence-corrected chi connectivity index (χ2v) is 5.19. The fourth-order valence-electron chi connectivity index (χ4n) is 2.29. The second kappa shape index (κ2) is 5.62. The highest BCUT2D eigenvalue weighted by Crippen LogP contribution is 2.30. The Morgan fingerprint density at radius 1 is 1.00 bits per heavy atom. The summed E-state index contributed by atoms with van der Waals surface area (Å²) in [5.41, 5.74) is 1.69. The number of halogens is 2. The van der Waals surface area contributed by atoms with Gasteiger partial charge in [-0.2, -0.15) is 0 Å². The van der Waals surface area contributed by atoms with Crippen LogP contribution in [0.1, 0.15) is 5.56 Å². The molecular weight excluding hydrogens is 289 g/mol. The monoisotopic (exact) mass is 301 g/mol. The van der Waals surface area contributed by atoms with Crippen molar-refractivity contribution in [3.8, 4) is 5.75 Å². The van der Waals surface area contributed by atoms with Crippen molar-refractivity contribution in [1.29, 1.82) is 0 Å². The number of nitrogens with one attached hydrogen (secondary N) is 1. The Labute approximate surface area is 126 Å². The maximum absolute atomic E-state index is 13.4. The minimum atomic E-state index is -0.425. The van der Waals surface area contributed by atoms with Gasteiger partial charge in [-0.1, -0.05) is 41.9 Å². The Bertz CT molecular complexity index is 804. The fraction of sp³-hybridized carbons (Fsp3) is 0.0588. The van der Waals surface area contributed by atoms with Gasteiger partial charge in [-0.15, -0.1) is 0 Å². The van der Waals surface area contributed by atoms with E-state index < -0.39 is 5.82 Å². The number of phenols is 1. The molecule has 4 heteroatoms. The third-order valence-electron chi connectivity index (χ3n) is 3.37. The van der Waals surface area contributed by atoms with Crippen LogP contribution in [-0.2, 0) is 6.54 Å². The number of hydrogen-bond donors (Lipinski definition) is 2. The molecule has 0 saturated carbocycles. The van der Waals surface area contributed by atoms with E-state index in [-0.39, 0.29) is 10.8 Å². The maximum Gasteiger partial charge on any atom is 0.142 e. The van der Waals surface area contributed by atoms with Crippen LogP contribution in [0.3, 0.4) is 0 Å². The Morgan fingerprint density at radius 2 is 1.76 bits per heavy atom. The van der Waals surface area contributed by atoms with Gasteiger partial charge in [-0.25, -0.2) is 4.39 Å². The van der Waals surface area contributed by atoms with Crippen molar-refractivity contribution in [2.75, 3.05) is 5.32 Å². The highest BCUT2D eigenvalue weighted by atomic mass is 35.5. The van der Waals surface area contributed by atoms with Crippen molar-refractivity contribution in [3.63, 3.8) is 0 Å². The quantitative estimate of drug-likeness (QED) is 0.717. The molecule has 0 amide bonds. The minimum absolute atomic E-state index is 0.119. The van der Waals surface area contributed by atoms with Crippen molar-refractivity contribution in [1.82, 2.24) is 0 Å². The molecule has 0 aliphatic rings. The van der Waals surface area contributed by atoms with Crippen LogP contribution in [0.4, 0.5) is 10.1 Å². The molecule has 0 spiro atoms. The molecule has 2 N–H and O–H groups in total. The first kappa shape index (κ1) is 13.7. The minimum Gasteiger partial charge on any atom is -0.507 e. The lowest BCUT2D eigenvalue weighted by Crippen LogP contribution is -2.00. The van der Waals surface area contributed by atoms with Crippen LogP contribution in [0, 0.1) is 5.82 Å². The van der Waals surface area contributed by atoms with Gasteiger partial charge in [0.15, 0.2) is 0 Å². The zero-order chi connectivity index (χ0) is 14.8. The molecule has 0 atom stereocenters. The van der Waals surface area contributed by atoms with Crippen LogP contribution in [0.15, 0.2) is 54.6 Å². The molecule has 0 aliphatic carbocycles. The van der Waals surface area contributed by atoms with Crippen LogP contribution >= 0.6 is 11.6 Å². The molecule has 0 fully saturated rings. The van der Waals surface area contributed by atoms with Gasteiger partial charge in [0.25, 0.3) is 0 Å². The predicted molar refractivity (Wildman–Crippen MR) is 84.3 cm³/mol. The summed E-state index contributed by atoms with van der Waals surface area (Å²) >= 11 is 5.67. The molecule has 3 aromatic rings. The van der Waals surface area contributed by atoms with E-state index >= 15 is 0 Å². The van der Waals surface area contributed by atoms with Crippen molar-refractivity contribution in [2.45, 2.75) is 6.54 Å². The molecule has 0 heterocycles. The Balaban J connectivity index is 1.88. The normalized spacial score (nSPS) is 10.8. The van der Waals surface area contributed by atoms with E-state index in [9.17, 15) is 9.50 Å². The van der Waals surface area contributed by atoms with Gasteiger partial charge in [0, 0.05) is 23.0 Å².